The lowest BCUT2D eigenvalue weighted by Gasteiger charge is -2.26. The van der Waals surface area contributed by atoms with E-state index in [-0.39, 0.29) is 10.7 Å². The van der Waals surface area contributed by atoms with E-state index in [1.54, 1.807) is 18.2 Å². The molecule has 4 rings (SSSR count). The Morgan fingerprint density at radius 3 is 2.67 bits per heavy atom. The molecule has 3 heterocycles. The van der Waals surface area contributed by atoms with Crippen LogP contribution in [-0.2, 0) is 21.3 Å². The molecule has 30 heavy (non-hydrogen) atoms. The number of imidazole rings is 1. The average Bonchev–Trinajstić information content (AvgIpc) is 3.35. The highest BCUT2D eigenvalue weighted by Crippen LogP contribution is 2.28. The number of aryl methyl sites for hydroxylation is 2. The molecule has 7 nitrogen and oxygen atoms in total. The minimum atomic E-state index is -3.58. The number of carbonyl (C=O) groups excluding carboxylic acids is 1. The van der Waals surface area contributed by atoms with Crippen molar-refractivity contribution in [2.45, 2.75) is 30.4 Å². The summed E-state index contributed by atoms with van der Waals surface area (Å²) in [5, 5.41) is 0.718. The molecule has 1 saturated heterocycles. The van der Waals surface area contributed by atoms with Crippen LogP contribution < -0.4 is 0 Å². The summed E-state index contributed by atoms with van der Waals surface area (Å²) in [6.45, 7) is 6.20. The van der Waals surface area contributed by atoms with Gasteiger partial charge in [-0.15, -0.1) is 11.3 Å². The molecule has 10 heteroatoms. The van der Waals surface area contributed by atoms with Crippen molar-refractivity contribution in [3.63, 3.8) is 0 Å². The fraction of sp³-hybridized carbons (Fsp3) is 0.400. The Balaban J connectivity index is 1.59. The molecule has 0 atom stereocenters. The molecule has 1 aliphatic heterocycles. The number of aromatic nitrogens is 2. The van der Waals surface area contributed by atoms with Gasteiger partial charge >= 0.3 is 0 Å². The molecular formula is C20H23N3O4S3. The summed E-state index contributed by atoms with van der Waals surface area (Å²) in [6, 6.07) is 8.86. The normalized spacial score (nSPS) is 15.7. The molecule has 0 bridgehead atoms. The van der Waals surface area contributed by atoms with E-state index in [9.17, 15) is 13.2 Å². The average molecular weight is 466 g/mol. The highest BCUT2D eigenvalue weighted by molar-refractivity contribution is 7.99. The van der Waals surface area contributed by atoms with Crippen molar-refractivity contribution in [2.75, 3.05) is 32.1 Å². The predicted molar refractivity (Wildman–Crippen MR) is 119 cm³/mol. The van der Waals surface area contributed by atoms with E-state index in [4.69, 9.17) is 4.74 Å². The van der Waals surface area contributed by atoms with Gasteiger partial charge in [0.15, 0.2) is 10.9 Å². The van der Waals surface area contributed by atoms with E-state index in [1.165, 1.54) is 27.4 Å². The number of thioether (sulfide) groups is 1. The molecule has 0 radical (unpaired) electrons. The topological polar surface area (TPSA) is 81.5 Å². The third-order valence-corrected chi connectivity index (χ3v) is 8.87. The minimum Gasteiger partial charge on any atom is -0.379 e. The summed E-state index contributed by atoms with van der Waals surface area (Å²) >= 11 is 2.88. The number of hydrogen-bond donors (Lipinski definition) is 0. The van der Waals surface area contributed by atoms with Crippen molar-refractivity contribution < 1.29 is 17.9 Å². The van der Waals surface area contributed by atoms with E-state index in [1.807, 2.05) is 30.5 Å². The zero-order valence-corrected chi connectivity index (χ0v) is 19.3. The molecule has 0 N–H and O–H groups in total. The lowest BCUT2D eigenvalue weighted by molar-refractivity contribution is 0.0730. The zero-order chi connectivity index (χ0) is 21.3. The van der Waals surface area contributed by atoms with Gasteiger partial charge in [0, 0.05) is 24.5 Å². The van der Waals surface area contributed by atoms with Crippen LogP contribution in [0.4, 0.5) is 0 Å². The molecule has 1 aromatic carbocycles. The van der Waals surface area contributed by atoms with Gasteiger partial charge in [-0.05, 0) is 44.2 Å². The highest BCUT2D eigenvalue weighted by atomic mass is 32.2. The Labute approximate surface area is 184 Å². The number of morpholine rings is 1. The first-order chi connectivity index (χ1) is 14.4. The molecule has 0 spiro atoms. The number of fused-ring (bicyclic) bond motifs is 1. The number of hydrogen-bond acceptors (Lipinski definition) is 7. The molecule has 160 valence electrons. The SMILES string of the molecule is CCn1c(SCC(=O)c2ccc(C)s2)nc2cc(S(=O)(=O)N3CCOCC3)ccc21. The van der Waals surface area contributed by atoms with Crippen molar-refractivity contribution >= 4 is 49.9 Å². The summed E-state index contributed by atoms with van der Waals surface area (Å²) < 4.78 is 34.6. The van der Waals surface area contributed by atoms with Crippen LogP contribution in [0.1, 0.15) is 21.5 Å². The number of benzene rings is 1. The van der Waals surface area contributed by atoms with Crippen molar-refractivity contribution in [3.8, 4) is 0 Å². The second-order valence-corrected chi connectivity index (χ2v) is 11.1. The van der Waals surface area contributed by atoms with Gasteiger partial charge in [0.1, 0.15) is 0 Å². The first-order valence-corrected chi connectivity index (χ1v) is 12.9. The van der Waals surface area contributed by atoms with Crippen LogP contribution in [0.15, 0.2) is 40.4 Å². The number of thiophene rings is 1. The van der Waals surface area contributed by atoms with Gasteiger partial charge in [0.05, 0.1) is 39.8 Å². The van der Waals surface area contributed by atoms with Gasteiger partial charge in [-0.1, -0.05) is 11.8 Å². The third kappa shape index (κ3) is 4.19. The van der Waals surface area contributed by atoms with E-state index >= 15 is 0 Å². The Hall–Kier alpha value is -1.72. The van der Waals surface area contributed by atoms with Gasteiger partial charge in [-0.3, -0.25) is 4.79 Å². The second-order valence-electron chi connectivity index (χ2n) is 6.93. The summed E-state index contributed by atoms with van der Waals surface area (Å²) in [6.07, 6.45) is 0. The standard InChI is InChI=1S/C20H23N3O4S3/c1-3-23-17-6-5-15(30(25,26)22-8-10-27-11-9-22)12-16(17)21-20(23)28-13-18(24)19-7-4-14(2)29-19/h4-7,12H,3,8-11,13H2,1-2H3. The lowest BCUT2D eigenvalue weighted by Crippen LogP contribution is -2.40. The molecule has 2 aromatic heterocycles. The van der Waals surface area contributed by atoms with Gasteiger partial charge in [-0.2, -0.15) is 4.31 Å². The number of rotatable bonds is 7. The van der Waals surface area contributed by atoms with Crippen LogP contribution in [0.5, 0.6) is 0 Å². The number of sulfonamides is 1. The molecule has 0 unspecified atom stereocenters. The van der Waals surface area contributed by atoms with Gasteiger partial charge in [0.25, 0.3) is 0 Å². The quantitative estimate of drug-likeness (QED) is 0.393. The van der Waals surface area contributed by atoms with Crippen LogP contribution in [0.25, 0.3) is 11.0 Å². The summed E-state index contributed by atoms with van der Waals surface area (Å²) in [5.41, 5.74) is 1.48. The second kappa shape index (κ2) is 8.80. The Morgan fingerprint density at radius 1 is 1.23 bits per heavy atom. The maximum atomic E-state index is 13.0. The first-order valence-electron chi connectivity index (χ1n) is 9.71. The van der Waals surface area contributed by atoms with Gasteiger partial charge < -0.3 is 9.30 Å². The lowest BCUT2D eigenvalue weighted by atomic mass is 10.3. The third-order valence-electron chi connectivity index (χ3n) is 4.96. The molecule has 1 fully saturated rings. The van der Waals surface area contributed by atoms with Crippen molar-refractivity contribution in [2.24, 2.45) is 0 Å². The van der Waals surface area contributed by atoms with Gasteiger partial charge in [0.2, 0.25) is 10.0 Å². The smallest absolute Gasteiger partial charge is 0.243 e. The van der Waals surface area contributed by atoms with E-state index in [0.29, 0.717) is 44.1 Å². The summed E-state index contributed by atoms with van der Waals surface area (Å²) in [4.78, 5) is 19.2. The van der Waals surface area contributed by atoms with Crippen LogP contribution in [0, 0.1) is 6.92 Å². The first kappa shape index (κ1) is 21.5. The summed E-state index contributed by atoms with van der Waals surface area (Å²) in [5.74, 6) is 0.366. The number of carbonyl (C=O) groups is 1. The van der Waals surface area contributed by atoms with E-state index in [0.717, 1.165) is 20.4 Å². The van der Waals surface area contributed by atoms with Crippen molar-refractivity contribution in [1.29, 1.82) is 0 Å². The Morgan fingerprint density at radius 2 is 2.00 bits per heavy atom. The van der Waals surface area contributed by atoms with Gasteiger partial charge in [-0.25, -0.2) is 13.4 Å². The van der Waals surface area contributed by atoms with Crippen LogP contribution in [-0.4, -0.2) is 60.1 Å². The van der Waals surface area contributed by atoms with E-state index < -0.39 is 10.0 Å². The fourth-order valence-electron chi connectivity index (χ4n) is 3.39. The number of ketones is 1. The van der Waals surface area contributed by atoms with E-state index in [2.05, 4.69) is 4.98 Å². The molecule has 0 amide bonds. The maximum absolute atomic E-state index is 13.0. The van der Waals surface area contributed by atoms with Crippen LogP contribution in [0.3, 0.4) is 0 Å². The Bertz CT molecular complexity index is 1180. The monoisotopic (exact) mass is 465 g/mol. The number of nitrogens with zero attached hydrogens (tertiary/aromatic N) is 3. The molecule has 1 aliphatic rings. The van der Waals surface area contributed by atoms with Crippen molar-refractivity contribution in [1.82, 2.24) is 13.9 Å². The number of Topliss-reactive ketones (excluding diaryl/α,β-unsaturated/α-hetero) is 1. The molecular weight excluding hydrogens is 442 g/mol. The molecule has 0 aliphatic carbocycles. The fourth-order valence-corrected chi connectivity index (χ4v) is 6.67. The number of ether oxygens (including phenoxy) is 1. The Kier molecular flexibility index (Phi) is 6.31. The van der Waals surface area contributed by atoms with Crippen LogP contribution in [0.2, 0.25) is 0 Å². The zero-order valence-electron chi connectivity index (χ0n) is 16.8. The highest BCUT2D eigenvalue weighted by Gasteiger charge is 2.27. The predicted octanol–water partition coefficient (Wildman–Crippen LogP) is 3.42. The maximum Gasteiger partial charge on any atom is 0.243 e. The summed E-state index contributed by atoms with van der Waals surface area (Å²) in [7, 11) is -3.58. The van der Waals surface area contributed by atoms with Crippen LogP contribution >= 0.6 is 23.1 Å². The molecule has 3 aromatic rings. The molecule has 0 saturated carbocycles. The minimum absolute atomic E-state index is 0.0726. The van der Waals surface area contributed by atoms with Crippen molar-refractivity contribution in [3.05, 3.63) is 40.1 Å². The largest absolute Gasteiger partial charge is 0.379 e.